The second-order valence-corrected chi connectivity index (χ2v) is 17.0. The molecule has 0 amide bonds. The third-order valence-electron chi connectivity index (χ3n) is 7.20. The van der Waals surface area contributed by atoms with Crippen molar-refractivity contribution < 1.29 is 0 Å². The van der Waals surface area contributed by atoms with E-state index in [0.29, 0.717) is 0 Å². The fraction of sp³-hybridized carbons (Fsp3) is 0.0303. The van der Waals surface area contributed by atoms with E-state index in [1.807, 2.05) is 0 Å². The van der Waals surface area contributed by atoms with Crippen LogP contribution in [0.15, 0.2) is 140 Å². The van der Waals surface area contributed by atoms with Crippen molar-refractivity contribution in [3.63, 3.8) is 0 Å². The van der Waals surface area contributed by atoms with Gasteiger partial charge in [-0.3, -0.25) is 0 Å². The molecule has 0 saturated carbocycles. The minimum absolute atomic E-state index is 0.982. The molecule has 0 aliphatic carbocycles. The average Bonchev–Trinajstić information content (AvgIpc) is 2.91. The van der Waals surface area contributed by atoms with Gasteiger partial charge < -0.3 is 0 Å². The van der Waals surface area contributed by atoms with Crippen LogP contribution < -0.4 is 13.1 Å². The summed E-state index contributed by atoms with van der Waals surface area (Å²) in [5.74, 6) is 0. The van der Waals surface area contributed by atoms with E-state index in [1.54, 1.807) is 0 Å². The summed E-state index contributed by atoms with van der Waals surface area (Å²) in [6.45, 7) is 4.31. The first-order valence-corrected chi connectivity index (χ1v) is 16.5. The van der Waals surface area contributed by atoms with E-state index in [9.17, 15) is 0 Å². The molecule has 6 aromatic rings. The topological polar surface area (TPSA) is 0 Å². The molecular weight excluding hydrogens is 471 g/mol. The molecule has 0 atom stereocenters. The summed E-state index contributed by atoms with van der Waals surface area (Å²) in [6.07, 6.45) is 2.17. The molecule has 0 aliphatic heterocycles. The molecule has 0 bridgehead atoms. The predicted molar refractivity (Wildman–Crippen MR) is 153 cm³/mol. The van der Waals surface area contributed by atoms with Gasteiger partial charge in [-0.15, -0.1) is 0 Å². The van der Waals surface area contributed by atoms with Crippen molar-refractivity contribution in [1.29, 1.82) is 0 Å². The summed E-state index contributed by atoms with van der Waals surface area (Å²) in [7, 11) is 0. The Bertz CT molecular complexity index is 1450. The summed E-state index contributed by atoms with van der Waals surface area (Å²) >= 11 is -3.28. The molecule has 34 heavy (non-hydrogen) atoms. The van der Waals surface area contributed by atoms with E-state index in [0.717, 1.165) is 5.21 Å². The van der Waals surface area contributed by atoms with Crippen LogP contribution in [0.2, 0.25) is 5.21 Å². The van der Waals surface area contributed by atoms with Gasteiger partial charge in [-0.2, -0.15) is 0 Å². The number of benzene rings is 6. The first kappa shape index (κ1) is 21.0. The first-order chi connectivity index (χ1) is 16.8. The van der Waals surface area contributed by atoms with Gasteiger partial charge in [0.05, 0.1) is 0 Å². The molecule has 164 valence electrons. The molecule has 6 aromatic carbocycles. The van der Waals surface area contributed by atoms with E-state index < -0.39 is 13.6 Å². The third-order valence-corrected chi connectivity index (χ3v) is 17.6. The van der Waals surface area contributed by atoms with Crippen LogP contribution in [0, 0.1) is 0 Å². The maximum absolute atomic E-state index is 4.31. The van der Waals surface area contributed by atoms with Crippen LogP contribution in [0.3, 0.4) is 0 Å². The van der Waals surface area contributed by atoms with Crippen LogP contribution in [-0.4, -0.2) is 13.6 Å². The van der Waals surface area contributed by atoms with E-state index in [2.05, 4.69) is 140 Å². The van der Waals surface area contributed by atoms with Gasteiger partial charge >= 0.3 is 204 Å². The molecule has 0 aliphatic rings. The van der Waals surface area contributed by atoms with Gasteiger partial charge in [-0.25, -0.2) is 0 Å². The van der Waals surface area contributed by atoms with Gasteiger partial charge in [0.25, 0.3) is 0 Å². The van der Waals surface area contributed by atoms with Gasteiger partial charge in [0.2, 0.25) is 0 Å². The van der Waals surface area contributed by atoms with Gasteiger partial charge in [0, 0.05) is 0 Å². The van der Waals surface area contributed by atoms with Crippen molar-refractivity contribution in [3.05, 3.63) is 140 Å². The van der Waals surface area contributed by atoms with Crippen molar-refractivity contribution in [1.82, 2.24) is 0 Å². The first-order valence-electron chi connectivity index (χ1n) is 11.9. The Morgan fingerprint density at radius 2 is 0.765 bits per heavy atom. The zero-order chi connectivity index (χ0) is 23.0. The maximum atomic E-state index is 4.31. The van der Waals surface area contributed by atoms with Crippen LogP contribution >= 0.6 is 0 Å². The Labute approximate surface area is 203 Å². The minimum atomic E-state index is -3.28. The zero-order valence-electron chi connectivity index (χ0n) is 19.1. The molecular formula is C33H27As. The van der Waals surface area contributed by atoms with Crippen LogP contribution in [0.25, 0.3) is 32.3 Å². The molecule has 0 spiro atoms. The van der Waals surface area contributed by atoms with E-state index in [1.165, 1.54) is 45.4 Å². The molecule has 0 saturated heterocycles. The summed E-state index contributed by atoms with van der Waals surface area (Å²) in [5.41, 5.74) is 0. The summed E-state index contributed by atoms with van der Waals surface area (Å²) < 4.78 is 4.52. The van der Waals surface area contributed by atoms with Crippen LogP contribution in [-0.2, 0) is 0 Å². The normalized spacial score (nSPS) is 12.2. The summed E-state index contributed by atoms with van der Waals surface area (Å²) in [5, 5.41) is 9.00. The number of rotatable bonds is 5. The van der Waals surface area contributed by atoms with Crippen molar-refractivity contribution in [3.8, 4) is 0 Å². The second-order valence-electron chi connectivity index (χ2n) is 8.98. The molecule has 0 N–H and O–H groups in total. The number of hydrogen-bond acceptors (Lipinski definition) is 0. The molecule has 6 rings (SSSR count). The standard InChI is InChI=1S/C33H27As/c1-2-24-34(31-21-9-15-25-12-3-6-18-28(25)31,32-22-10-16-26-13-4-7-19-29(26)32)33-23-11-17-27-14-5-8-20-30(27)33/h2-23,34H,1,24H2. The summed E-state index contributed by atoms with van der Waals surface area (Å²) in [4.78, 5) is 0. The number of hydrogen-bond donors (Lipinski definition) is 0. The molecule has 1 heteroatoms. The summed E-state index contributed by atoms with van der Waals surface area (Å²) in [6, 6.07) is 47.3. The zero-order valence-corrected chi connectivity index (χ0v) is 21.2. The van der Waals surface area contributed by atoms with Crippen LogP contribution in [0.4, 0.5) is 0 Å². The Kier molecular flexibility index (Phi) is 5.33. The van der Waals surface area contributed by atoms with E-state index >= 15 is 0 Å². The second kappa shape index (κ2) is 8.64. The van der Waals surface area contributed by atoms with Crippen LogP contribution in [0.1, 0.15) is 0 Å². The Morgan fingerprint density at radius 1 is 0.441 bits per heavy atom. The van der Waals surface area contributed by atoms with Crippen molar-refractivity contribution in [2.24, 2.45) is 0 Å². The van der Waals surface area contributed by atoms with Crippen molar-refractivity contribution in [2.45, 2.75) is 5.21 Å². The number of fused-ring (bicyclic) bond motifs is 3. The number of allylic oxidation sites excluding steroid dienone is 1. The molecule has 0 radical (unpaired) electrons. The molecule has 0 aromatic heterocycles. The van der Waals surface area contributed by atoms with Gasteiger partial charge in [-0.05, 0) is 0 Å². The van der Waals surface area contributed by atoms with Crippen LogP contribution in [0.5, 0.6) is 0 Å². The molecule has 0 unspecified atom stereocenters. The van der Waals surface area contributed by atoms with Crippen molar-refractivity contribution in [2.75, 3.05) is 0 Å². The fourth-order valence-electron chi connectivity index (χ4n) is 5.77. The fourth-order valence-corrected chi connectivity index (χ4v) is 16.6. The molecule has 0 nitrogen and oxygen atoms in total. The van der Waals surface area contributed by atoms with Gasteiger partial charge in [-0.1, -0.05) is 0 Å². The third kappa shape index (κ3) is 3.22. The van der Waals surface area contributed by atoms with Gasteiger partial charge in [0.15, 0.2) is 0 Å². The average molecular weight is 499 g/mol. The van der Waals surface area contributed by atoms with Gasteiger partial charge in [0.1, 0.15) is 0 Å². The van der Waals surface area contributed by atoms with E-state index in [-0.39, 0.29) is 0 Å². The Morgan fingerprint density at radius 3 is 1.12 bits per heavy atom. The quantitative estimate of drug-likeness (QED) is 0.187. The molecule has 0 fully saturated rings. The van der Waals surface area contributed by atoms with Crippen molar-refractivity contribution >= 4 is 58.9 Å². The van der Waals surface area contributed by atoms with E-state index in [4.69, 9.17) is 0 Å². The monoisotopic (exact) mass is 498 g/mol. The SMILES string of the molecule is C=CC[AsH](c1cccc2ccccc12)(c1cccc2ccccc12)c1cccc2ccccc12. The predicted octanol–water partition coefficient (Wildman–Crippen LogP) is 6.53. The molecule has 0 heterocycles. The Hall–Kier alpha value is -3.60. The Balaban J connectivity index is 1.85.